The van der Waals surface area contributed by atoms with Crippen molar-refractivity contribution >= 4 is 27.5 Å². The summed E-state index contributed by atoms with van der Waals surface area (Å²) in [5, 5.41) is 4.06. The molecule has 0 amide bonds. The van der Waals surface area contributed by atoms with Crippen molar-refractivity contribution in [1.82, 2.24) is 5.32 Å². The molecule has 2 aromatic rings. The van der Waals surface area contributed by atoms with E-state index in [-0.39, 0.29) is 5.54 Å². The number of benzene rings is 2. The van der Waals surface area contributed by atoms with Gasteiger partial charge >= 0.3 is 0 Å². The molecule has 0 atom stereocenters. The highest BCUT2D eigenvalue weighted by Crippen LogP contribution is 2.34. The number of hydrogen-bond donors (Lipinski definition) is 1. The lowest BCUT2D eigenvalue weighted by atomic mass is 10.1. The SMILES string of the molecule is CC(C)(C)NCc1ccc(Oc2ccccc2Cl)c(Br)c1. The number of nitrogens with one attached hydrogen (secondary N) is 1. The molecule has 112 valence electrons. The standard InChI is InChI=1S/C17H19BrClNO/c1-17(2,3)20-11-12-8-9-15(13(18)10-12)21-16-7-5-4-6-14(16)19/h4-10,20H,11H2,1-3H3. The average Bonchev–Trinajstić information content (AvgIpc) is 2.41. The van der Waals surface area contributed by atoms with E-state index >= 15 is 0 Å². The van der Waals surface area contributed by atoms with Crippen LogP contribution in [0.15, 0.2) is 46.9 Å². The predicted octanol–water partition coefficient (Wildman–Crippen LogP) is 5.78. The summed E-state index contributed by atoms with van der Waals surface area (Å²) in [4.78, 5) is 0. The highest BCUT2D eigenvalue weighted by molar-refractivity contribution is 9.10. The van der Waals surface area contributed by atoms with Crippen LogP contribution in [0.5, 0.6) is 11.5 Å². The predicted molar refractivity (Wildman–Crippen MR) is 92.3 cm³/mol. The third-order valence-electron chi connectivity index (χ3n) is 2.88. The number of rotatable bonds is 4. The molecule has 0 aromatic heterocycles. The van der Waals surface area contributed by atoms with Crippen molar-refractivity contribution in [2.75, 3.05) is 0 Å². The maximum Gasteiger partial charge on any atom is 0.146 e. The molecule has 0 unspecified atom stereocenters. The minimum absolute atomic E-state index is 0.0964. The van der Waals surface area contributed by atoms with Gasteiger partial charge in [-0.3, -0.25) is 0 Å². The van der Waals surface area contributed by atoms with E-state index in [9.17, 15) is 0 Å². The molecule has 2 rings (SSSR count). The molecular formula is C17H19BrClNO. The van der Waals surface area contributed by atoms with Gasteiger partial charge in [0, 0.05) is 12.1 Å². The summed E-state index contributed by atoms with van der Waals surface area (Å²) in [6.45, 7) is 7.26. The fraction of sp³-hybridized carbons (Fsp3) is 0.294. The molecule has 2 aromatic carbocycles. The Morgan fingerprint density at radius 3 is 2.43 bits per heavy atom. The molecule has 0 saturated carbocycles. The van der Waals surface area contributed by atoms with Crippen LogP contribution in [0.3, 0.4) is 0 Å². The van der Waals surface area contributed by atoms with Crippen LogP contribution >= 0.6 is 27.5 Å². The lowest BCUT2D eigenvalue weighted by molar-refractivity contribution is 0.424. The van der Waals surface area contributed by atoms with Crippen molar-refractivity contribution in [3.05, 3.63) is 57.5 Å². The fourth-order valence-corrected chi connectivity index (χ4v) is 2.43. The van der Waals surface area contributed by atoms with Gasteiger partial charge in [-0.25, -0.2) is 0 Å². The molecule has 0 aliphatic rings. The zero-order chi connectivity index (χ0) is 15.5. The Kier molecular flexibility index (Phi) is 5.31. The minimum atomic E-state index is 0.0964. The highest BCUT2D eigenvalue weighted by atomic mass is 79.9. The van der Waals surface area contributed by atoms with E-state index in [1.54, 1.807) is 0 Å². The van der Waals surface area contributed by atoms with Crippen molar-refractivity contribution < 1.29 is 4.74 Å². The van der Waals surface area contributed by atoms with Gasteiger partial charge in [-0.05, 0) is 66.5 Å². The van der Waals surface area contributed by atoms with Crippen molar-refractivity contribution in [2.24, 2.45) is 0 Å². The number of halogens is 2. The zero-order valence-electron chi connectivity index (χ0n) is 12.4. The van der Waals surface area contributed by atoms with Gasteiger partial charge in [-0.1, -0.05) is 29.8 Å². The van der Waals surface area contributed by atoms with Crippen LogP contribution in [0.2, 0.25) is 5.02 Å². The molecule has 0 saturated heterocycles. The highest BCUT2D eigenvalue weighted by Gasteiger charge is 2.10. The second-order valence-electron chi connectivity index (χ2n) is 5.90. The molecule has 1 N–H and O–H groups in total. The van der Waals surface area contributed by atoms with Crippen LogP contribution in [0.25, 0.3) is 0 Å². The first-order valence-corrected chi connectivity index (χ1v) is 7.98. The van der Waals surface area contributed by atoms with Crippen LogP contribution in [0.4, 0.5) is 0 Å². The number of ether oxygens (including phenoxy) is 1. The topological polar surface area (TPSA) is 21.3 Å². The third-order valence-corrected chi connectivity index (χ3v) is 3.81. The van der Waals surface area contributed by atoms with Gasteiger partial charge in [-0.15, -0.1) is 0 Å². The monoisotopic (exact) mass is 367 g/mol. The average molecular weight is 369 g/mol. The summed E-state index contributed by atoms with van der Waals surface area (Å²) in [5.74, 6) is 1.41. The van der Waals surface area contributed by atoms with E-state index in [4.69, 9.17) is 16.3 Å². The summed E-state index contributed by atoms with van der Waals surface area (Å²) in [6, 6.07) is 13.5. The first kappa shape index (κ1) is 16.3. The summed E-state index contributed by atoms with van der Waals surface area (Å²) in [7, 11) is 0. The molecule has 4 heteroatoms. The van der Waals surface area contributed by atoms with E-state index in [0.717, 1.165) is 16.8 Å². The Labute approximate surface area is 139 Å². The van der Waals surface area contributed by atoms with E-state index in [0.29, 0.717) is 10.8 Å². The maximum atomic E-state index is 6.11. The number of para-hydroxylation sites is 1. The molecule has 0 spiro atoms. The first-order valence-electron chi connectivity index (χ1n) is 6.81. The van der Waals surface area contributed by atoms with Crippen LogP contribution < -0.4 is 10.1 Å². The molecule has 2 nitrogen and oxygen atoms in total. The van der Waals surface area contributed by atoms with E-state index in [1.165, 1.54) is 5.56 Å². The van der Waals surface area contributed by atoms with Crippen LogP contribution in [0.1, 0.15) is 26.3 Å². The van der Waals surface area contributed by atoms with Crippen molar-refractivity contribution in [3.63, 3.8) is 0 Å². The van der Waals surface area contributed by atoms with Crippen LogP contribution in [-0.2, 0) is 6.54 Å². The molecule has 0 radical (unpaired) electrons. The summed E-state index contributed by atoms with van der Waals surface area (Å²) in [5.41, 5.74) is 1.29. The van der Waals surface area contributed by atoms with Gasteiger partial charge in [0.2, 0.25) is 0 Å². The normalized spacial score (nSPS) is 11.5. The van der Waals surface area contributed by atoms with Gasteiger partial charge in [-0.2, -0.15) is 0 Å². The van der Waals surface area contributed by atoms with E-state index in [1.807, 2.05) is 30.3 Å². The third kappa shape index (κ3) is 5.03. The number of hydrogen-bond acceptors (Lipinski definition) is 2. The Hall–Kier alpha value is -1.03. The molecule has 21 heavy (non-hydrogen) atoms. The minimum Gasteiger partial charge on any atom is -0.455 e. The maximum absolute atomic E-state index is 6.11. The molecule has 0 aliphatic heterocycles. The van der Waals surface area contributed by atoms with Gasteiger partial charge in [0.1, 0.15) is 11.5 Å². The Balaban J connectivity index is 2.11. The first-order chi connectivity index (χ1) is 9.85. The second-order valence-corrected chi connectivity index (χ2v) is 7.16. The van der Waals surface area contributed by atoms with E-state index in [2.05, 4.69) is 54.2 Å². The zero-order valence-corrected chi connectivity index (χ0v) is 14.8. The van der Waals surface area contributed by atoms with Crippen molar-refractivity contribution in [2.45, 2.75) is 32.9 Å². The van der Waals surface area contributed by atoms with E-state index < -0.39 is 0 Å². The van der Waals surface area contributed by atoms with Gasteiger partial charge in [0.05, 0.1) is 9.50 Å². The second kappa shape index (κ2) is 6.82. The Bertz CT molecular complexity index is 622. The molecule has 0 aliphatic carbocycles. The molecule has 0 bridgehead atoms. The van der Waals surface area contributed by atoms with Crippen molar-refractivity contribution in [3.8, 4) is 11.5 Å². The lowest BCUT2D eigenvalue weighted by Gasteiger charge is -2.20. The smallest absolute Gasteiger partial charge is 0.146 e. The fourth-order valence-electron chi connectivity index (χ4n) is 1.75. The van der Waals surface area contributed by atoms with Crippen LogP contribution in [0, 0.1) is 0 Å². The summed E-state index contributed by atoms with van der Waals surface area (Å²) in [6.07, 6.45) is 0. The molecule has 0 heterocycles. The molecular weight excluding hydrogens is 350 g/mol. The Morgan fingerprint density at radius 2 is 1.81 bits per heavy atom. The summed E-state index contributed by atoms with van der Waals surface area (Å²) < 4.78 is 6.75. The lowest BCUT2D eigenvalue weighted by Crippen LogP contribution is -2.35. The Morgan fingerprint density at radius 1 is 1.10 bits per heavy atom. The van der Waals surface area contributed by atoms with Gasteiger partial charge in [0.15, 0.2) is 0 Å². The molecule has 0 fully saturated rings. The summed E-state index contributed by atoms with van der Waals surface area (Å²) >= 11 is 9.66. The largest absolute Gasteiger partial charge is 0.455 e. The van der Waals surface area contributed by atoms with Crippen LogP contribution in [-0.4, -0.2) is 5.54 Å². The van der Waals surface area contributed by atoms with Gasteiger partial charge in [0.25, 0.3) is 0 Å². The van der Waals surface area contributed by atoms with Crippen molar-refractivity contribution in [1.29, 1.82) is 0 Å². The quantitative estimate of drug-likeness (QED) is 0.738. The van der Waals surface area contributed by atoms with Gasteiger partial charge < -0.3 is 10.1 Å².